The molecule has 0 atom stereocenters. The zero-order chi connectivity index (χ0) is 12.4. The van der Waals surface area contributed by atoms with E-state index in [0.717, 1.165) is 21.1 Å². The van der Waals surface area contributed by atoms with E-state index >= 15 is 0 Å². The molecule has 2 rings (SSSR count). The number of aromatic carboxylic acids is 1. The molecule has 0 spiro atoms. The maximum Gasteiger partial charge on any atom is 0.348 e. The summed E-state index contributed by atoms with van der Waals surface area (Å²) in [6.45, 7) is 0. The Bertz CT molecular complexity index is 560. The summed E-state index contributed by atoms with van der Waals surface area (Å²) in [4.78, 5) is 23.6. The molecule has 0 aliphatic carbocycles. The monoisotopic (exact) mass is 268 g/mol. The zero-order valence-corrected chi connectivity index (χ0v) is 10.1. The second-order valence-corrected chi connectivity index (χ2v) is 5.13. The molecular weight excluding hydrogens is 260 g/mol. The Hall–Kier alpha value is -1.86. The highest BCUT2D eigenvalue weighted by Crippen LogP contribution is 2.36. The van der Waals surface area contributed by atoms with E-state index in [4.69, 9.17) is 10.8 Å². The first-order valence-corrected chi connectivity index (χ1v) is 6.25. The number of carboxylic acid groups (broad SMARTS) is 1. The van der Waals surface area contributed by atoms with Crippen molar-refractivity contribution in [3.05, 3.63) is 28.5 Å². The van der Waals surface area contributed by atoms with Crippen LogP contribution < -0.4 is 11.1 Å². The third kappa shape index (κ3) is 2.45. The molecule has 2 amide bonds. The van der Waals surface area contributed by atoms with E-state index in [1.165, 1.54) is 11.3 Å². The maximum atomic E-state index is 11.0. The Morgan fingerprint density at radius 3 is 2.65 bits per heavy atom. The second-order valence-electron chi connectivity index (χ2n) is 3.13. The number of amides is 2. The van der Waals surface area contributed by atoms with Gasteiger partial charge in [-0.25, -0.2) is 9.59 Å². The highest BCUT2D eigenvalue weighted by Gasteiger charge is 2.17. The lowest BCUT2D eigenvalue weighted by atomic mass is 10.3. The molecule has 5 nitrogen and oxygen atoms in total. The lowest BCUT2D eigenvalue weighted by Crippen LogP contribution is -2.20. The van der Waals surface area contributed by atoms with E-state index in [2.05, 4.69) is 5.32 Å². The topological polar surface area (TPSA) is 92.4 Å². The van der Waals surface area contributed by atoms with Crippen molar-refractivity contribution in [1.82, 2.24) is 0 Å². The Morgan fingerprint density at radius 2 is 2.12 bits per heavy atom. The first-order chi connectivity index (χ1) is 8.08. The third-order valence-corrected chi connectivity index (χ3v) is 4.14. The fraction of sp³-hybridized carbons (Fsp3) is 0. The largest absolute Gasteiger partial charge is 0.477 e. The summed E-state index contributed by atoms with van der Waals surface area (Å²) in [5, 5.41) is 13.2. The van der Waals surface area contributed by atoms with Crippen LogP contribution in [0, 0.1) is 0 Å². The Morgan fingerprint density at radius 1 is 1.35 bits per heavy atom. The van der Waals surface area contributed by atoms with Crippen molar-refractivity contribution < 1.29 is 14.7 Å². The first kappa shape index (κ1) is 11.6. The fourth-order valence-corrected chi connectivity index (χ4v) is 3.09. The number of rotatable bonds is 3. The number of carbonyl (C=O) groups excluding carboxylic acids is 1. The average Bonchev–Trinajstić information content (AvgIpc) is 2.82. The molecule has 0 aromatic carbocycles. The van der Waals surface area contributed by atoms with Crippen molar-refractivity contribution in [2.45, 2.75) is 0 Å². The van der Waals surface area contributed by atoms with Crippen LogP contribution in [0.5, 0.6) is 0 Å². The summed E-state index contributed by atoms with van der Waals surface area (Å²) >= 11 is 2.61. The van der Waals surface area contributed by atoms with Gasteiger partial charge in [0.25, 0.3) is 0 Å². The van der Waals surface area contributed by atoms with Crippen molar-refractivity contribution in [2.24, 2.45) is 5.73 Å². The van der Waals surface area contributed by atoms with E-state index in [1.54, 1.807) is 6.07 Å². The Balaban J connectivity index is 2.44. The van der Waals surface area contributed by atoms with Gasteiger partial charge in [0.2, 0.25) is 0 Å². The summed E-state index contributed by atoms with van der Waals surface area (Å²) in [6.07, 6.45) is 0. The maximum absolute atomic E-state index is 11.0. The van der Waals surface area contributed by atoms with Gasteiger partial charge in [0.1, 0.15) is 4.88 Å². The quantitative estimate of drug-likeness (QED) is 0.799. The molecule has 0 saturated heterocycles. The molecule has 2 aromatic heterocycles. The highest BCUT2D eigenvalue weighted by atomic mass is 32.1. The molecule has 0 unspecified atom stereocenters. The molecule has 0 aliphatic rings. The van der Waals surface area contributed by atoms with E-state index in [1.807, 2.05) is 17.5 Å². The first-order valence-electron chi connectivity index (χ1n) is 4.55. The SMILES string of the molecule is NC(=O)Nc1cc(-c2cccs2)sc1C(=O)O. The molecule has 88 valence electrons. The van der Waals surface area contributed by atoms with Gasteiger partial charge in [-0.1, -0.05) is 6.07 Å². The molecule has 0 bridgehead atoms. The highest BCUT2D eigenvalue weighted by molar-refractivity contribution is 7.22. The standard InChI is InChI=1S/C10H8N2O3S2/c11-10(15)12-5-4-7(6-2-1-3-16-6)17-8(5)9(13)14/h1-4H,(H,13,14)(H3,11,12,15). The molecule has 0 saturated carbocycles. The summed E-state index contributed by atoms with van der Waals surface area (Å²) in [5.74, 6) is -1.08. The number of primary amides is 1. The van der Waals surface area contributed by atoms with Crippen LogP contribution in [-0.2, 0) is 0 Å². The van der Waals surface area contributed by atoms with Crippen molar-refractivity contribution in [1.29, 1.82) is 0 Å². The van der Waals surface area contributed by atoms with Gasteiger partial charge in [-0.3, -0.25) is 0 Å². The van der Waals surface area contributed by atoms with Gasteiger partial charge in [0.15, 0.2) is 0 Å². The van der Waals surface area contributed by atoms with Gasteiger partial charge in [-0.2, -0.15) is 0 Å². The van der Waals surface area contributed by atoms with Crippen LogP contribution in [0.25, 0.3) is 9.75 Å². The molecule has 0 aliphatic heterocycles. The second kappa shape index (κ2) is 4.56. The summed E-state index contributed by atoms with van der Waals surface area (Å²) in [5.41, 5.74) is 5.22. The smallest absolute Gasteiger partial charge is 0.348 e. The number of anilines is 1. The van der Waals surface area contributed by atoms with Crippen LogP contribution in [0.2, 0.25) is 0 Å². The van der Waals surface area contributed by atoms with Crippen LogP contribution in [0.1, 0.15) is 9.67 Å². The van der Waals surface area contributed by atoms with E-state index < -0.39 is 12.0 Å². The number of carboxylic acids is 1. The lowest BCUT2D eigenvalue weighted by Gasteiger charge is -1.98. The predicted molar refractivity (Wildman–Crippen MR) is 67.8 cm³/mol. The molecule has 17 heavy (non-hydrogen) atoms. The molecular formula is C10H8N2O3S2. The van der Waals surface area contributed by atoms with Gasteiger partial charge in [0.05, 0.1) is 5.69 Å². The van der Waals surface area contributed by atoms with Crippen molar-refractivity contribution >= 4 is 40.4 Å². The zero-order valence-electron chi connectivity index (χ0n) is 8.47. The number of nitrogens with one attached hydrogen (secondary N) is 1. The van der Waals surface area contributed by atoms with Crippen LogP contribution in [0.4, 0.5) is 10.5 Å². The minimum atomic E-state index is -1.08. The van der Waals surface area contributed by atoms with Gasteiger partial charge in [-0.15, -0.1) is 22.7 Å². The van der Waals surface area contributed by atoms with Crippen molar-refractivity contribution in [3.63, 3.8) is 0 Å². The number of thiophene rings is 2. The van der Waals surface area contributed by atoms with E-state index in [0.29, 0.717) is 0 Å². The number of carbonyl (C=O) groups is 2. The summed E-state index contributed by atoms with van der Waals surface area (Å²) in [7, 11) is 0. The number of urea groups is 1. The average molecular weight is 268 g/mol. The molecule has 2 heterocycles. The minimum Gasteiger partial charge on any atom is -0.477 e. The van der Waals surface area contributed by atoms with E-state index in [9.17, 15) is 9.59 Å². The molecule has 0 radical (unpaired) electrons. The fourth-order valence-electron chi connectivity index (χ4n) is 1.32. The van der Waals surface area contributed by atoms with Crippen LogP contribution in [-0.4, -0.2) is 17.1 Å². The number of hydrogen-bond donors (Lipinski definition) is 3. The normalized spacial score (nSPS) is 10.1. The van der Waals surface area contributed by atoms with Crippen LogP contribution in [0.15, 0.2) is 23.6 Å². The van der Waals surface area contributed by atoms with Gasteiger partial charge >= 0.3 is 12.0 Å². The Kier molecular flexibility index (Phi) is 3.12. The Labute approximate surface area is 105 Å². The summed E-state index contributed by atoms with van der Waals surface area (Å²) < 4.78 is 0. The third-order valence-electron chi connectivity index (χ3n) is 1.95. The number of hydrogen-bond acceptors (Lipinski definition) is 4. The lowest BCUT2D eigenvalue weighted by molar-refractivity contribution is 0.0703. The molecule has 0 fully saturated rings. The predicted octanol–water partition coefficient (Wildman–Crippen LogP) is 2.67. The van der Waals surface area contributed by atoms with Crippen molar-refractivity contribution in [3.8, 4) is 9.75 Å². The molecule has 2 aromatic rings. The molecule has 4 N–H and O–H groups in total. The summed E-state index contributed by atoms with van der Waals surface area (Å²) in [6, 6.07) is 4.60. The minimum absolute atomic E-state index is 0.0761. The van der Waals surface area contributed by atoms with Crippen LogP contribution >= 0.6 is 22.7 Å². The van der Waals surface area contributed by atoms with Crippen LogP contribution in [0.3, 0.4) is 0 Å². The number of nitrogens with two attached hydrogens (primary N) is 1. The van der Waals surface area contributed by atoms with Gasteiger partial charge in [0, 0.05) is 9.75 Å². The van der Waals surface area contributed by atoms with Crippen molar-refractivity contribution in [2.75, 3.05) is 5.32 Å². The molecule has 7 heteroatoms. The van der Waals surface area contributed by atoms with Gasteiger partial charge < -0.3 is 16.2 Å². The van der Waals surface area contributed by atoms with Gasteiger partial charge in [-0.05, 0) is 17.5 Å². The van der Waals surface area contributed by atoms with E-state index in [-0.39, 0.29) is 10.6 Å².